The van der Waals surface area contributed by atoms with Crippen molar-refractivity contribution in [3.05, 3.63) is 124 Å². The number of hydrogen-bond donors (Lipinski definition) is 2. The van der Waals surface area contributed by atoms with Gasteiger partial charge in [-0.1, -0.05) is 44.2 Å². The normalized spacial score (nSPS) is 11.2. The van der Waals surface area contributed by atoms with Crippen LogP contribution in [-0.4, -0.2) is 27.0 Å². The minimum atomic E-state index is -1.00. The molecule has 3 N–H and O–H groups in total. The van der Waals surface area contributed by atoms with Gasteiger partial charge in [-0.05, 0) is 78.3 Å². The van der Waals surface area contributed by atoms with E-state index in [1.165, 1.54) is 18.2 Å². The number of carbonyl (C=O) groups excluding carboxylic acids is 2. The lowest BCUT2D eigenvalue weighted by Gasteiger charge is -2.20. The second-order valence-electron chi connectivity index (χ2n) is 11.4. The van der Waals surface area contributed by atoms with Crippen LogP contribution in [0.1, 0.15) is 63.0 Å². The molecule has 3 aromatic carbocycles. The van der Waals surface area contributed by atoms with Crippen molar-refractivity contribution < 1.29 is 27.2 Å². The minimum Gasteiger partial charge on any atom is -0.421 e. The number of nitrogens with zero attached hydrogens (tertiary/aromatic N) is 3. The van der Waals surface area contributed by atoms with Crippen LogP contribution >= 0.6 is 0 Å². The smallest absolute Gasteiger partial charge is 0.251 e. The number of aromatic nitrogens is 3. The summed E-state index contributed by atoms with van der Waals surface area (Å²) in [5, 5.41) is 11.0. The summed E-state index contributed by atoms with van der Waals surface area (Å²) in [4.78, 5) is 31.0. The Morgan fingerprint density at radius 1 is 0.848 bits per heavy atom. The Morgan fingerprint density at radius 3 is 2.15 bits per heavy atom. The van der Waals surface area contributed by atoms with Crippen LogP contribution in [0.2, 0.25) is 0 Å². The third-order valence-electron chi connectivity index (χ3n) is 7.37. The Balaban J connectivity index is 1.58. The quantitative estimate of drug-likeness (QED) is 0.172. The molecule has 0 fully saturated rings. The molecule has 2 aromatic heterocycles. The molecule has 2 amide bonds. The van der Waals surface area contributed by atoms with Crippen molar-refractivity contribution in [1.29, 1.82) is 0 Å². The molecule has 0 aliphatic carbocycles. The van der Waals surface area contributed by atoms with E-state index in [4.69, 9.17) is 15.1 Å². The molecule has 5 rings (SSSR count). The summed E-state index contributed by atoms with van der Waals surface area (Å²) in [6.07, 6.45) is 1.38. The van der Waals surface area contributed by atoms with Crippen LogP contribution in [0, 0.1) is 30.3 Å². The maximum absolute atomic E-state index is 13.6. The van der Waals surface area contributed by atoms with Gasteiger partial charge in [0.15, 0.2) is 11.6 Å². The standard InChI is InChI=1S/C35H32F3N5O3/c1-19(2)16-29-31(33(39)44)30(23-8-10-24(11-9-23)34(45)40-18-22-6-14-26(37)27(38)17-22)32(35-43-42-20(3)46-35)28(41-29)15-7-21-4-12-25(36)13-5-21/h4-6,8-14,17,19H,7,15-16,18H2,1-3H3,(H2,39,44)(H,40,45). The van der Waals surface area contributed by atoms with Gasteiger partial charge in [0, 0.05) is 24.6 Å². The highest BCUT2D eigenvalue weighted by Gasteiger charge is 2.28. The van der Waals surface area contributed by atoms with E-state index < -0.39 is 23.4 Å². The first kappa shape index (κ1) is 32.1. The number of hydrogen-bond acceptors (Lipinski definition) is 6. The van der Waals surface area contributed by atoms with E-state index in [1.54, 1.807) is 43.3 Å². The lowest BCUT2D eigenvalue weighted by Crippen LogP contribution is -2.23. The van der Waals surface area contributed by atoms with Gasteiger partial charge in [-0.2, -0.15) is 0 Å². The van der Waals surface area contributed by atoms with E-state index in [0.717, 1.165) is 17.7 Å². The summed E-state index contributed by atoms with van der Waals surface area (Å²) in [7, 11) is 0. The number of halogens is 3. The topological polar surface area (TPSA) is 124 Å². The summed E-state index contributed by atoms with van der Waals surface area (Å²) in [6, 6.07) is 16.2. The van der Waals surface area contributed by atoms with Crippen LogP contribution in [0.3, 0.4) is 0 Å². The average Bonchev–Trinajstić information content (AvgIpc) is 3.46. The van der Waals surface area contributed by atoms with Gasteiger partial charge in [0.25, 0.3) is 11.8 Å². The van der Waals surface area contributed by atoms with E-state index in [1.807, 2.05) is 13.8 Å². The molecule has 0 atom stereocenters. The largest absolute Gasteiger partial charge is 0.421 e. The molecule has 46 heavy (non-hydrogen) atoms. The molecule has 2 heterocycles. The Morgan fingerprint density at radius 2 is 1.54 bits per heavy atom. The summed E-state index contributed by atoms with van der Waals surface area (Å²) in [5.74, 6) is -2.82. The van der Waals surface area contributed by atoms with Gasteiger partial charge in [-0.15, -0.1) is 10.2 Å². The van der Waals surface area contributed by atoms with Crippen LogP contribution in [0.5, 0.6) is 0 Å². The SMILES string of the molecule is Cc1nnc(-c2c(CCc3ccc(F)cc3)nc(CC(C)C)c(C(N)=O)c2-c2ccc(C(=O)NCc3ccc(F)c(F)c3)cc2)o1. The zero-order chi connectivity index (χ0) is 33.0. The van der Waals surface area contributed by atoms with Gasteiger partial charge in [0.1, 0.15) is 5.82 Å². The highest BCUT2D eigenvalue weighted by molar-refractivity contribution is 6.05. The number of amides is 2. The first-order valence-electron chi connectivity index (χ1n) is 14.7. The number of primary amides is 1. The fourth-order valence-corrected chi connectivity index (χ4v) is 5.22. The molecule has 236 valence electrons. The first-order valence-corrected chi connectivity index (χ1v) is 14.7. The number of nitrogens with one attached hydrogen (secondary N) is 1. The predicted molar refractivity (Wildman–Crippen MR) is 166 cm³/mol. The van der Waals surface area contributed by atoms with Crippen molar-refractivity contribution in [1.82, 2.24) is 20.5 Å². The average molecular weight is 628 g/mol. The zero-order valence-electron chi connectivity index (χ0n) is 25.5. The van der Waals surface area contributed by atoms with Crippen LogP contribution in [0.25, 0.3) is 22.6 Å². The molecule has 0 spiro atoms. The van der Waals surface area contributed by atoms with Gasteiger partial charge >= 0.3 is 0 Å². The van der Waals surface area contributed by atoms with Crippen molar-refractivity contribution in [3.8, 4) is 22.6 Å². The lowest BCUT2D eigenvalue weighted by atomic mass is 9.88. The van der Waals surface area contributed by atoms with Gasteiger partial charge in [0.2, 0.25) is 11.8 Å². The molecule has 0 saturated heterocycles. The number of benzene rings is 3. The molecule has 0 unspecified atom stereocenters. The molecular weight excluding hydrogens is 595 g/mol. The Hall–Kier alpha value is -5.32. The number of pyridine rings is 1. The van der Waals surface area contributed by atoms with Crippen LogP contribution in [0.4, 0.5) is 13.2 Å². The lowest BCUT2D eigenvalue weighted by molar-refractivity contribution is 0.0949. The van der Waals surface area contributed by atoms with Crippen LogP contribution in [0.15, 0.2) is 71.1 Å². The van der Waals surface area contributed by atoms with Crippen molar-refractivity contribution in [2.45, 2.75) is 46.6 Å². The number of rotatable bonds is 11. The van der Waals surface area contributed by atoms with E-state index in [-0.39, 0.29) is 29.7 Å². The molecule has 0 bridgehead atoms. The third kappa shape index (κ3) is 7.31. The van der Waals surface area contributed by atoms with Crippen molar-refractivity contribution in [2.24, 2.45) is 11.7 Å². The molecular formula is C35H32F3N5O3. The molecule has 0 saturated carbocycles. The summed E-state index contributed by atoms with van der Waals surface area (Å²) in [6.45, 7) is 5.66. The minimum absolute atomic E-state index is 0.00932. The van der Waals surface area contributed by atoms with Crippen molar-refractivity contribution in [2.75, 3.05) is 0 Å². The van der Waals surface area contributed by atoms with E-state index >= 15 is 0 Å². The van der Waals surface area contributed by atoms with Gasteiger partial charge in [-0.25, -0.2) is 13.2 Å². The third-order valence-corrected chi connectivity index (χ3v) is 7.37. The molecule has 8 nitrogen and oxygen atoms in total. The first-order chi connectivity index (χ1) is 22.0. The fourth-order valence-electron chi connectivity index (χ4n) is 5.22. The van der Waals surface area contributed by atoms with Crippen LogP contribution < -0.4 is 11.1 Å². The second kappa shape index (κ2) is 13.8. The van der Waals surface area contributed by atoms with Crippen molar-refractivity contribution >= 4 is 11.8 Å². The molecule has 0 aliphatic rings. The van der Waals surface area contributed by atoms with E-state index in [9.17, 15) is 22.8 Å². The van der Waals surface area contributed by atoms with Gasteiger partial charge in [-0.3, -0.25) is 14.6 Å². The van der Waals surface area contributed by atoms with E-state index in [2.05, 4.69) is 15.5 Å². The highest BCUT2D eigenvalue weighted by Crippen LogP contribution is 2.39. The van der Waals surface area contributed by atoms with Crippen LogP contribution in [-0.2, 0) is 25.8 Å². The zero-order valence-corrected chi connectivity index (χ0v) is 25.5. The Kier molecular flexibility index (Phi) is 9.60. The molecule has 0 radical (unpaired) electrons. The Labute approximate surface area is 263 Å². The summed E-state index contributed by atoms with van der Waals surface area (Å²) >= 11 is 0. The second-order valence-corrected chi connectivity index (χ2v) is 11.4. The van der Waals surface area contributed by atoms with Gasteiger partial charge < -0.3 is 15.5 Å². The Bertz CT molecular complexity index is 1890. The monoisotopic (exact) mass is 627 g/mol. The number of nitrogens with two attached hydrogens (primary N) is 1. The van der Waals surface area contributed by atoms with E-state index in [0.29, 0.717) is 64.4 Å². The highest BCUT2D eigenvalue weighted by atomic mass is 19.2. The molecule has 0 aliphatic heterocycles. The number of carbonyl (C=O) groups is 2. The van der Waals surface area contributed by atoms with Crippen molar-refractivity contribution in [3.63, 3.8) is 0 Å². The fraction of sp³-hybridized carbons (Fsp3) is 0.229. The summed E-state index contributed by atoms with van der Waals surface area (Å²) < 4.78 is 46.3. The van der Waals surface area contributed by atoms with Gasteiger partial charge in [0.05, 0.1) is 22.5 Å². The summed E-state index contributed by atoms with van der Waals surface area (Å²) in [5.41, 5.74) is 10.4. The number of aryl methyl sites for hydroxylation is 3. The predicted octanol–water partition coefficient (Wildman–Crippen LogP) is 6.54. The maximum atomic E-state index is 13.6. The maximum Gasteiger partial charge on any atom is 0.251 e. The molecule has 5 aromatic rings. The molecule has 11 heteroatoms.